The van der Waals surface area contributed by atoms with Gasteiger partial charge in [-0.25, -0.2) is 0 Å². The van der Waals surface area contributed by atoms with Crippen molar-refractivity contribution < 1.29 is 4.74 Å². The molecule has 20 heavy (non-hydrogen) atoms. The number of ether oxygens (including phenoxy) is 1. The Bertz CT molecular complexity index is 528. The van der Waals surface area contributed by atoms with Gasteiger partial charge in [-0.05, 0) is 61.1 Å². The van der Waals surface area contributed by atoms with E-state index in [2.05, 4.69) is 57.2 Å². The Kier molecular flexibility index (Phi) is 5.23. The van der Waals surface area contributed by atoms with Gasteiger partial charge in [-0.15, -0.1) is 0 Å². The highest BCUT2D eigenvalue weighted by molar-refractivity contribution is 5.35. The van der Waals surface area contributed by atoms with E-state index < -0.39 is 0 Å². The summed E-state index contributed by atoms with van der Waals surface area (Å²) in [7, 11) is 0. The Morgan fingerprint density at radius 2 is 1.70 bits per heavy atom. The lowest BCUT2D eigenvalue weighted by Gasteiger charge is -2.15. The molecule has 2 rings (SSSR count). The highest BCUT2D eigenvalue weighted by Crippen LogP contribution is 2.28. The Labute approximate surface area is 122 Å². The van der Waals surface area contributed by atoms with Crippen LogP contribution in [-0.2, 0) is 0 Å². The molecule has 0 saturated carbocycles. The van der Waals surface area contributed by atoms with Crippen LogP contribution >= 0.6 is 0 Å². The van der Waals surface area contributed by atoms with Crippen LogP contribution in [0.5, 0.6) is 11.5 Å². The molecule has 2 aromatic carbocycles. The van der Waals surface area contributed by atoms with Gasteiger partial charge in [0.05, 0.1) is 0 Å². The van der Waals surface area contributed by atoms with E-state index >= 15 is 0 Å². The maximum Gasteiger partial charge on any atom is 0.127 e. The van der Waals surface area contributed by atoms with E-state index in [0.717, 1.165) is 11.5 Å². The molecule has 0 spiro atoms. The van der Waals surface area contributed by atoms with Crippen LogP contribution in [0.3, 0.4) is 0 Å². The predicted octanol–water partition coefficient (Wildman–Crippen LogP) is 6.08. The fourth-order valence-electron chi connectivity index (χ4n) is 2.58. The van der Waals surface area contributed by atoms with Gasteiger partial charge in [0.25, 0.3) is 0 Å². The summed E-state index contributed by atoms with van der Waals surface area (Å²) in [6.07, 6.45) is 3.69. The minimum atomic E-state index is 0.674. The summed E-state index contributed by atoms with van der Waals surface area (Å²) in [5.74, 6) is 2.48. The number of rotatable bonds is 6. The van der Waals surface area contributed by atoms with E-state index in [9.17, 15) is 0 Å². The zero-order valence-electron chi connectivity index (χ0n) is 12.7. The van der Waals surface area contributed by atoms with Gasteiger partial charge in [0.15, 0.2) is 0 Å². The molecule has 1 unspecified atom stereocenters. The zero-order chi connectivity index (χ0) is 14.4. The van der Waals surface area contributed by atoms with E-state index in [4.69, 9.17) is 4.74 Å². The minimum absolute atomic E-state index is 0.674. The lowest BCUT2D eigenvalue weighted by atomic mass is 9.92. The quantitative estimate of drug-likeness (QED) is 0.616. The fraction of sp³-hybridized carbons (Fsp3) is 0.368. The normalized spacial score (nSPS) is 12.2. The first-order valence-electron chi connectivity index (χ1n) is 7.57. The monoisotopic (exact) mass is 268 g/mol. The molecule has 0 bridgehead atoms. The molecule has 0 heterocycles. The molecule has 106 valence electrons. The number of benzene rings is 2. The predicted molar refractivity (Wildman–Crippen MR) is 85.6 cm³/mol. The summed E-state index contributed by atoms with van der Waals surface area (Å²) >= 11 is 0. The van der Waals surface area contributed by atoms with E-state index in [0.29, 0.717) is 5.92 Å². The van der Waals surface area contributed by atoms with Gasteiger partial charge in [-0.1, -0.05) is 44.5 Å². The van der Waals surface area contributed by atoms with Crippen molar-refractivity contribution in [2.75, 3.05) is 0 Å². The van der Waals surface area contributed by atoms with Crippen LogP contribution in [0.2, 0.25) is 0 Å². The lowest BCUT2D eigenvalue weighted by molar-refractivity contribution is 0.481. The number of hydrogen-bond acceptors (Lipinski definition) is 1. The summed E-state index contributed by atoms with van der Waals surface area (Å²) in [5, 5.41) is 0. The fourth-order valence-corrected chi connectivity index (χ4v) is 2.58. The van der Waals surface area contributed by atoms with Gasteiger partial charge in [-0.2, -0.15) is 0 Å². The third-order valence-corrected chi connectivity index (χ3v) is 3.71. The summed E-state index contributed by atoms with van der Waals surface area (Å²) < 4.78 is 5.89. The van der Waals surface area contributed by atoms with Gasteiger partial charge < -0.3 is 4.74 Å². The third-order valence-electron chi connectivity index (χ3n) is 3.71. The second-order valence-electron chi connectivity index (χ2n) is 5.38. The van der Waals surface area contributed by atoms with Crippen LogP contribution < -0.4 is 4.74 Å². The van der Waals surface area contributed by atoms with E-state index in [1.165, 1.54) is 30.4 Å². The van der Waals surface area contributed by atoms with Crippen molar-refractivity contribution in [3.63, 3.8) is 0 Å². The maximum atomic E-state index is 5.89. The van der Waals surface area contributed by atoms with E-state index in [1.54, 1.807) is 0 Å². The van der Waals surface area contributed by atoms with Crippen LogP contribution in [0.1, 0.15) is 50.2 Å². The number of aryl methyl sites for hydroxylation is 1. The van der Waals surface area contributed by atoms with Crippen molar-refractivity contribution in [3.05, 3.63) is 59.7 Å². The summed E-state index contributed by atoms with van der Waals surface area (Å²) in [4.78, 5) is 0. The summed E-state index contributed by atoms with van der Waals surface area (Å²) in [6.45, 7) is 6.59. The van der Waals surface area contributed by atoms with Crippen LogP contribution in [-0.4, -0.2) is 0 Å². The third kappa shape index (κ3) is 3.86. The molecule has 0 saturated heterocycles. The average molecular weight is 268 g/mol. The lowest BCUT2D eigenvalue weighted by Crippen LogP contribution is -1.96. The highest BCUT2D eigenvalue weighted by Gasteiger charge is 2.08. The van der Waals surface area contributed by atoms with Gasteiger partial charge in [-0.3, -0.25) is 0 Å². The number of hydrogen-bond donors (Lipinski definition) is 0. The molecule has 0 aliphatic carbocycles. The Balaban J connectivity index is 2.08. The first-order valence-corrected chi connectivity index (χ1v) is 7.57. The summed E-state index contributed by atoms with van der Waals surface area (Å²) in [5.41, 5.74) is 2.64. The SMILES string of the molecule is CCCC(CC)c1ccc(Oc2cccc(C)c2)cc1. The van der Waals surface area contributed by atoms with Crippen LogP contribution in [0.15, 0.2) is 48.5 Å². The molecular formula is C19H24O. The molecule has 1 heteroatoms. The maximum absolute atomic E-state index is 5.89. The smallest absolute Gasteiger partial charge is 0.127 e. The molecule has 0 aliphatic rings. The molecule has 0 aliphatic heterocycles. The van der Waals surface area contributed by atoms with Crippen molar-refractivity contribution in [3.8, 4) is 11.5 Å². The first kappa shape index (κ1) is 14.6. The van der Waals surface area contributed by atoms with Gasteiger partial charge in [0, 0.05) is 0 Å². The molecule has 1 atom stereocenters. The first-order chi connectivity index (χ1) is 9.72. The van der Waals surface area contributed by atoms with Crippen molar-refractivity contribution in [2.45, 2.75) is 46.0 Å². The molecule has 0 aromatic heterocycles. The van der Waals surface area contributed by atoms with Crippen LogP contribution in [0, 0.1) is 6.92 Å². The van der Waals surface area contributed by atoms with Crippen LogP contribution in [0.25, 0.3) is 0 Å². The Morgan fingerprint density at radius 3 is 2.30 bits per heavy atom. The van der Waals surface area contributed by atoms with Gasteiger partial charge in [0.1, 0.15) is 11.5 Å². The van der Waals surface area contributed by atoms with Crippen molar-refractivity contribution >= 4 is 0 Å². The molecule has 0 N–H and O–H groups in total. The topological polar surface area (TPSA) is 9.23 Å². The van der Waals surface area contributed by atoms with Crippen molar-refractivity contribution in [1.82, 2.24) is 0 Å². The highest BCUT2D eigenvalue weighted by atomic mass is 16.5. The molecular weight excluding hydrogens is 244 g/mol. The minimum Gasteiger partial charge on any atom is -0.457 e. The summed E-state index contributed by atoms with van der Waals surface area (Å²) in [6, 6.07) is 16.7. The second kappa shape index (κ2) is 7.14. The largest absolute Gasteiger partial charge is 0.457 e. The van der Waals surface area contributed by atoms with Gasteiger partial charge in [0.2, 0.25) is 0 Å². The molecule has 0 radical (unpaired) electrons. The van der Waals surface area contributed by atoms with Crippen LogP contribution in [0.4, 0.5) is 0 Å². The van der Waals surface area contributed by atoms with Crippen molar-refractivity contribution in [2.24, 2.45) is 0 Å². The van der Waals surface area contributed by atoms with E-state index in [1.807, 2.05) is 12.1 Å². The van der Waals surface area contributed by atoms with Gasteiger partial charge >= 0.3 is 0 Å². The molecule has 0 fully saturated rings. The molecule has 0 amide bonds. The van der Waals surface area contributed by atoms with E-state index in [-0.39, 0.29) is 0 Å². The second-order valence-corrected chi connectivity index (χ2v) is 5.38. The standard InChI is InChI=1S/C19H24O/c1-4-7-16(5-2)17-10-12-18(13-11-17)20-19-9-6-8-15(3)14-19/h6,8-14,16H,4-5,7H2,1-3H3. The molecule has 1 nitrogen and oxygen atoms in total. The Morgan fingerprint density at radius 1 is 0.950 bits per heavy atom. The molecule has 2 aromatic rings. The Hall–Kier alpha value is -1.76. The average Bonchev–Trinajstić information content (AvgIpc) is 2.46. The zero-order valence-corrected chi connectivity index (χ0v) is 12.7. The van der Waals surface area contributed by atoms with Crippen molar-refractivity contribution in [1.29, 1.82) is 0 Å².